The van der Waals surface area contributed by atoms with Crippen molar-refractivity contribution in [3.05, 3.63) is 28.3 Å². The van der Waals surface area contributed by atoms with Crippen LogP contribution in [0.5, 0.6) is 5.75 Å². The third-order valence-electron chi connectivity index (χ3n) is 2.79. The summed E-state index contributed by atoms with van der Waals surface area (Å²) in [6.07, 6.45) is 3.30. The lowest BCUT2D eigenvalue weighted by Gasteiger charge is -2.17. The first-order valence-corrected chi connectivity index (χ1v) is 6.17. The van der Waals surface area contributed by atoms with Gasteiger partial charge in [0.05, 0.1) is 17.7 Å². The van der Waals surface area contributed by atoms with Crippen LogP contribution in [0.25, 0.3) is 0 Å². The van der Waals surface area contributed by atoms with Crippen LogP contribution in [0, 0.1) is 10.1 Å². The van der Waals surface area contributed by atoms with Crippen LogP contribution < -0.4 is 10.1 Å². The van der Waals surface area contributed by atoms with E-state index in [1.54, 1.807) is 13.2 Å². The van der Waals surface area contributed by atoms with Gasteiger partial charge in [0, 0.05) is 18.2 Å². The highest BCUT2D eigenvalue weighted by Gasteiger charge is 2.12. The van der Waals surface area contributed by atoms with Crippen LogP contribution in [0.15, 0.2) is 18.2 Å². The Hall–Kier alpha value is -1.78. The first-order valence-electron chi connectivity index (χ1n) is 6.17. The summed E-state index contributed by atoms with van der Waals surface area (Å²) in [6.45, 7) is 4.20. The van der Waals surface area contributed by atoms with Crippen LogP contribution in [0.1, 0.15) is 33.1 Å². The first kappa shape index (κ1) is 14.3. The normalized spacial score (nSPS) is 11.9. The zero-order chi connectivity index (χ0) is 13.5. The number of nitrogens with one attached hydrogen (secondary N) is 1. The molecule has 5 nitrogen and oxygen atoms in total. The molecule has 0 aliphatic carbocycles. The van der Waals surface area contributed by atoms with Gasteiger partial charge in [-0.1, -0.05) is 19.8 Å². The summed E-state index contributed by atoms with van der Waals surface area (Å²) in [4.78, 5) is 10.3. The number of benzene rings is 1. The number of ether oxygens (including phenoxy) is 1. The average Bonchev–Trinajstić information content (AvgIpc) is 2.36. The van der Waals surface area contributed by atoms with Gasteiger partial charge in [-0.3, -0.25) is 10.1 Å². The molecule has 0 saturated carbocycles. The third-order valence-corrected chi connectivity index (χ3v) is 2.79. The molecule has 1 N–H and O–H groups in total. The molecule has 0 aromatic heterocycles. The van der Waals surface area contributed by atoms with Crippen molar-refractivity contribution >= 4 is 11.4 Å². The highest BCUT2D eigenvalue weighted by molar-refractivity contribution is 5.61. The molecule has 0 spiro atoms. The highest BCUT2D eigenvalue weighted by atomic mass is 16.6. The van der Waals surface area contributed by atoms with E-state index in [0.717, 1.165) is 19.3 Å². The van der Waals surface area contributed by atoms with E-state index < -0.39 is 4.92 Å². The van der Waals surface area contributed by atoms with Crippen molar-refractivity contribution in [2.45, 2.75) is 39.2 Å². The molecule has 1 aromatic rings. The van der Waals surface area contributed by atoms with Gasteiger partial charge in [0.15, 0.2) is 0 Å². The lowest BCUT2D eigenvalue weighted by molar-refractivity contribution is -0.384. The maximum atomic E-state index is 10.7. The predicted molar refractivity (Wildman–Crippen MR) is 72.3 cm³/mol. The van der Waals surface area contributed by atoms with Gasteiger partial charge in [-0.05, 0) is 19.4 Å². The molecule has 1 atom stereocenters. The number of nitro groups is 1. The molecule has 0 heterocycles. The summed E-state index contributed by atoms with van der Waals surface area (Å²) in [6, 6.07) is 4.84. The maximum absolute atomic E-state index is 10.7. The lowest BCUT2D eigenvalue weighted by atomic mass is 10.1. The minimum absolute atomic E-state index is 0.0704. The molecule has 0 radical (unpaired) electrons. The summed E-state index contributed by atoms with van der Waals surface area (Å²) in [5.41, 5.74) is 0.747. The zero-order valence-electron chi connectivity index (χ0n) is 11.1. The average molecular weight is 252 g/mol. The van der Waals surface area contributed by atoms with Gasteiger partial charge in [0.2, 0.25) is 0 Å². The molecule has 0 aliphatic heterocycles. The highest BCUT2D eigenvalue weighted by Crippen LogP contribution is 2.29. The SMILES string of the molecule is CCCCC(C)Nc1cc([N+](=O)[O-])ccc1OC. The minimum Gasteiger partial charge on any atom is -0.495 e. The van der Waals surface area contributed by atoms with E-state index in [-0.39, 0.29) is 11.7 Å². The molecule has 0 aliphatic rings. The van der Waals surface area contributed by atoms with Crippen LogP contribution in [0.2, 0.25) is 0 Å². The van der Waals surface area contributed by atoms with Gasteiger partial charge >= 0.3 is 0 Å². The van der Waals surface area contributed by atoms with Crippen molar-refractivity contribution in [2.75, 3.05) is 12.4 Å². The van der Waals surface area contributed by atoms with Gasteiger partial charge in [0.1, 0.15) is 5.75 Å². The van der Waals surface area contributed by atoms with Gasteiger partial charge in [-0.25, -0.2) is 0 Å². The van der Waals surface area contributed by atoms with Gasteiger partial charge < -0.3 is 10.1 Å². The Labute approximate surface area is 107 Å². The zero-order valence-corrected chi connectivity index (χ0v) is 11.1. The molecule has 0 bridgehead atoms. The standard InChI is InChI=1S/C13H20N2O3/c1-4-5-6-10(2)14-12-9-11(15(16)17)7-8-13(12)18-3/h7-10,14H,4-6H2,1-3H3. The number of nitrogens with zero attached hydrogens (tertiary/aromatic N) is 1. The Kier molecular flexibility index (Phi) is 5.42. The van der Waals surface area contributed by atoms with Gasteiger partial charge in [-0.2, -0.15) is 0 Å². The smallest absolute Gasteiger partial charge is 0.271 e. The first-order chi connectivity index (χ1) is 8.58. The molecule has 1 unspecified atom stereocenters. The van der Waals surface area contributed by atoms with Crippen molar-refractivity contribution in [1.29, 1.82) is 0 Å². The van der Waals surface area contributed by atoms with Crippen LogP contribution >= 0.6 is 0 Å². The monoisotopic (exact) mass is 252 g/mol. The van der Waals surface area contributed by atoms with Gasteiger partial charge in [0.25, 0.3) is 5.69 Å². The second kappa shape index (κ2) is 6.83. The fraction of sp³-hybridized carbons (Fsp3) is 0.538. The Bertz CT molecular complexity index is 407. The maximum Gasteiger partial charge on any atom is 0.271 e. The Morgan fingerprint density at radius 3 is 2.78 bits per heavy atom. The van der Waals surface area contributed by atoms with E-state index in [4.69, 9.17) is 4.74 Å². The molecule has 5 heteroatoms. The summed E-state index contributed by atoms with van der Waals surface area (Å²) in [5, 5.41) is 14.0. The fourth-order valence-electron chi connectivity index (χ4n) is 1.77. The molecule has 0 fully saturated rings. The number of hydrogen-bond acceptors (Lipinski definition) is 4. The molecule has 0 amide bonds. The summed E-state index contributed by atoms with van der Waals surface area (Å²) in [7, 11) is 1.56. The largest absolute Gasteiger partial charge is 0.495 e. The molecule has 1 aromatic carbocycles. The quantitative estimate of drug-likeness (QED) is 0.595. The van der Waals surface area contributed by atoms with Gasteiger partial charge in [-0.15, -0.1) is 0 Å². The van der Waals surface area contributed by atoms with E-state index in [1.165, 1.54) is 12.1 Å². The van der Waals surface area contributed by atoms with E-state index >= 15 is 0 Å². The van der Waals surface area contributed by atoms with Crippen LogP contribution in [-0.2, 0) is 0 Å². The van der Waals surface area contributed by atoms with E-state index in [9.17, 15) is 10.1 Å². The predicted octanol–water partition coefficient (Wildman–Crippen LogP) is 3.59. The number of unbranched alkanes of at least 4 members (excludes halogenated alkanes) is 1. The Morgan fingerprint density at radius 1 is 1.50 bits per heavy atom. The lowest BCUT2D eigenvalue weighted by Crippen LogP contribution is -2.15. The number of anilines is 1. The number of nitro benzene ring substituents is 1. The Balaban J connectivity index is 2.84. The van der Waals surface area contributed by atoms with Crippen molar-refractivity contribution in [3.8, 4) is 5.75 Å². The number of rotatable bonds is 7. The summed E-state index contributed by atoms with van der Waals surface area (Å²) >= 11 is 0. The molecular formula is C13H20N2O3. The molecular weight excluding hydrogens is 232 g/mol. The minimum atomic E-state index is -0.401. The summed E-state index contributed by atoms with van der Waals surface area (Å²) in [5.74, 6) is 0.629. The van der Waals surface area contributed by atoms with E-state index in [1.807, 2.05) is 0 Å². The number of non-ortho nitro benzene ring substituents is 1. The summed E-state index contributed by atoms with van der Waals surface area (Å²) < 4.78 is 5.20. The van der Waals surface area contributed by atoms with Crippen LogP contribution in [-0.4, -0.2) is 18.1 Å². The number of methoxy groups -OCH3 is 1. The van der Waals surface area contributed by atoms with Crippen molar-refractivity contribution in [2.24, 2.45) is 0 Å². The van der Waals surface area contributed by atoms with E-state index in [2.05, 4.69) is 19.2 Å². The fourth-order valence-corrected chi connectivity index (χ4v) is 1.77. The Morgan fingerprint density at radius 2 is 2.22 bits per heavy atom. The van der Waals surface area contributed by atoms with E-state index in [0.29, 0.717) is 11.4 Å². The molecule has 0 saturated heterocycles. The molecule has 18 heavy (non-hydrogen) atoms. The van der Waals surface area contributed by atoms with Crippen LogP contribution in [0.3, 0.4) is 0 Å². The second-order valence-corrected chi connectivity index (χ2v) is 4.33. The molecule has 100 valence electrons. The van der Waals surface area contributed by atoms with Crippen molar-refractivity contribution in [3.63, 3.8) is 0 Å². The third kappa shape index (κ3) is 3.91. The van der Waals surface area contributed by atoms with Crippen LogP contribution in [0.4, 0.5) is 11.4 Å². The topological polar surface area (TPSA) is 64.4 Å². The molecule has 1 rings (SSSR count). The second-order valence-electron chi connectivity index (χ2n) is 4.33. The van der Waals surface area contributed by atoms with Crippen molar-refractivity contribution < 1.29 is 9.66 Å². The number of hydrogen-bond donors (Lipinski definition) is 1. The van der Waals surface area contributed by atoms with Crippen molar-refractivity contribution in [1.82, 2.24) is 0 Å².